The van der Waals surface area contributed by atoms with Crippen molar-refractivity contribution in [1.82, 2.24) is 0 Å². The Balaban J connectivity index is 1.40. The van der Waals surface area contributed by atoms with E-state index < -0.39 is 0 Å². The molecule has 1 heterocycles. The van der Waals surface area contributed by atoms with Crippen molar-refractivity contribution in [2.45, 2.75) is 38.2 Å². The summed E-state index contributed by atoms with van der Waals surface area (Å²) >= 11 is 0. The third-order valence-corrected chi connectivity index (χ3v) is 5.78. The number of carbonyl (C=O) groups is 1. The number of hydrogen-bond acceptors (Lipinski definition) is 3. The number of carbonyl (C=O) groups excluding carboxylic acids is 1. The molecule has 1 fully saturated rings. The Morgan fingerprint density at radius 2 is 1.85 bits per heavy atom. The lowest BCUT2D eigenvalue weighted by Crippen LogP contribution is -2.38. The molecule has 0 bridgehead atoms. The first-order valence-corrected chi connectivity index (χ1v) is 9.71. The fourth-order valence-electron chi connectivity index (χ4n) is 4.21. The number of halogens is 1. The number of benzene rings is 2. The zero-order valence-electron chi connectivity index (χ0n) is 15.3. The summed E-state index contributed by atoms with van der Waals surface area (Å²) in [5, 5.41) is 13.1. The van der Waals surface area contributed by atoms with Crippen LogP contribution in [-0.4, -0.2) is 30.2 Å². The van der Waals surface area contributed by atoms with Crippen LogP contribution in [0.2, 0.25) is 0 Å². The summed E-state index contributed by atoms with van der Waals surface area (Å²) < 4.78 is 14.0. The minimum Gasteiger partial charge on any atom is -0.393 e. The molecule has 1 atom stereocenters. The van der Waals surface area contributed by atoms with E-state index in [9.17, 15) is 14.3 Å². The van der Waals surface area contributed by atoms with Gasteiger partial charge >= 0.3 is 0 Å². The average molecular weight is 368 g/mol. The molecule has 2 aromatic carbocycles. The largest absolute Gasteiger partial charge is 0.393 e. The number of para-hydroxylation sites is 1. The van der Waals surface area contributed by atoms with Gasteiger partial charge in [-0.3, -0.25) is 4.79 Å². The quantitative estimate of drug-likeness (QED) is 0.871. The van der Waals surface area contributed by atoms with Gasteiger partial charge in [-0.1, -0.05) is 24.3 Å². The second-order valence-electron chi connectivity index (χ2n) is 7.54. The van der Waals surface area contributed by atoms with E-state index in [2.05, 4.69) is 11.4 Å². The zero-order chi connectivity index (χ0) is 18.8. The SMILES string of the molecule is O=C(Nc1cccc2c1C[C@@H](O)CC2)C1CCN(c2ccccc2F)CC1. The fourth-order valence-corrected chi connectivity index (χ4v) is 4.21. The molecule has 0 radical (unpaired) electrons. The summed E-state index contributed by atoms with van der Waals surface area (Å²) in [6.45, 7) is 1.34. The lowest BCUT2D eigenvalue weighted by atomic mass is 9.88. The highest BCUT2D eigenvalue weighted by atomic mass is 19.1. The van der Waals surface area contributed by atoms with E-state index in [0.29, 0.717) is 38.0 Å². The molecule has 4 rings (SSSR count). The molecule has 2 aromatic rings. The van der Waals surface area contributed by atoms with Crippen molar-refractivity contribution in [2.75, 3.05) is 23.3 Å². The molecule has 5 heteroatoms. The van der Waals surface area contributed by atoms with E-state index in [1.807, 2.05) is 23.1 Å². The lowest BCUT2D eigenvalue weighted by molar-refractivity contribution is -0.120. The van der Waals surface area contributed by atoms with Crippen LogP contribution in [0.5, 0.6) is 0 Å². The van der Waals surface area contributed by atoms with Gasteiger partial charge in [0.15, 0.2) is 0 Å². The van der Waals surface area contributed by atoms with E-state index in [0.717, 1.165) is 24.1 Å². The Hall–Kier alpha value is -2.40. The van der Waals surface area contributed by atoms with Crippen molar-refractivity contribution in [3.63, 3.8) is 0 Å². The van der Waals surface area contributed by atoms with Gasteiger partial charge in [0.1, 0.15) is 5.82 Å². The van der Waals surface area contributed by atoms with E-state index in [1.165, 1.54) is 11.6 Å². The lowest BCUT2D eigenvalue weighted by Gasteiger charge is -2.33. The van der Waals surface area contributed by atoms with Crippen LogP contribution in [0, 0.1) is 11.7 Å². The molecule has 2 N–H and O–H groups in total. The Morgan fingerprint density at radius 3 is 2.63 bits per heavy atom. The molecule has 1 aliphatic heterocycles. The van der Waals surface area contributed by atoms with Crippen molar-refractivity contribution in [3.8, 4) is 0 Å². The maximum absolute atomic E-state index is 14.0. The topological polar surface area (TPSA) is 52.6 Å². The number of fused-ring (bicyclic) bond motifs is 1. The zero-order valence-corrected chi connectivity index (χ0v) is 15.3. The van der Waals surface area contributed by atoms with Gasteiger partial charge in [-0.2, -0.15) is 0 Å². The first-order chi connectivity index (χ1) is 13.1. The molecule has 1 amide bonds. The predicted octanol–water partition coefficient (Wildman–Crippen LogP) is 3.53. The number of hydrogen-bond donors (Lipinski definition) is 2. The molecule has 1 aliphatic carbocycles. The van der Waals surface area contributed by atoms with Crippen LogP contribution in [0.4, 0.5) is 15.8 Å². The highest BCUT2D eigenvalue weighted by Crippen LogP contribution is 2.30. The van der Waals surface area contributed by atoms with Gasteiger partial charge in [-0.15, -0.1) is 0 Å². The number of rotatable bonds is 3. The van der Waals surface area contributed by atoms with Crippen molar-refractivity contribution in [3.05, 3.63) is 59.4 Å². The second kappa shape index (κ2) is 7.69. The van der Waals surface area contributed by atoms with Crippen LogP contribution in [0.1, 0.15) is 30.4 Å². The number of nitrogens with zero attached hydrogens (tertiary/aromatic N) is 1. The highest BCUT2D eigenvalue weighted by molar-refractivity contribution is 5.93. The summed E-state index contributed by atoms with van der Waals surface area (Å²) in [5.41, 5.74) is 3.72. The second-order valence-corrected chi connectivity index (χ2v) is 7.54. The van der Waals surface area contributed by atoms with Gasteiger partial charge in [0.05, 0.1) is 11.8 Å². The third kappa shape index (κ3) is 3.83. The molecule has 0 saturated carbocycles. The number of nitrogens with one attached hydrogen (secondary N) is 1. The molecule has 2 aliphatic rings. The van der Waals surface area contributed by atoms with Crippen molar-refractivity contribution in [1.29, 1.82) is 0 Å². The molecule has 142 valence electrons. The van der Waals surface area contributed by atoms with E-state index in [-0.39, 0.29) is 23.7 Å². The van der Waals surface area contributed by atoms with Crippen molar-refractivity contribution < 1.29 is 14.3 Å². The molecule has 0 aromatic heterocycles. The Bertz CT molecular complexity index is 831. The summed E-state index contributed by atoms with van der Waals surface area (Å²) in [5.74, 6) is -0.260. The van der Waals surface area contributed by atoms with Crippen LogP contribution in [-0.2, 0) is 17.6 Å². The number of aryl methyl sites for hydroxylation is 1. The van der Waals surface area contributed by atoms with Crippen LogP contribution >= 0.6 is 0 Å². The van der Waals surface area contributed by atoms with Gasteiger partial charge in [-0.05, 0) is 55.0 Å². The summed E-state index contributed by atoms with van der Waals surface area (Å²) in [6, 6.07) is 12.7. The number of anilines is 2. The molecular weight excluding hydrogens is 343 g/mol. The number of piperidine rings is 1. The third-order valence-electron chi connectivity index (χ3n) is 5.78. The van der Waals surface area contributed by atoms with E-state index >= 15 is 0 Å². The molecule has 0 spiro atoms. The highest BCUT2D eigenvalue weighted by Gasteiger charge is 2.27. The van der Waals surface area contributed by atoms with Crippen LogP contribution in [0.3, 0.4) is 0 Å². The first kappa shape index (κ1) is 18.0. The summed E-state index contributed by atoms with van der Waals surface area (Å²) in [7, 11) is 0. The van der Waals surface area contributed by atoms with Crippen molar-refractivity contribution >= 4 is 17.3 Å². The Kier molecular flexibility index (Phi) is 5.12. The molecule has 27 heavy (non-hydrogen) atoms. The Labute approximate surface area is 159 Å². The maximum Gasteiger partial charge on any atom is 0.227 e. The van der Waals surface area contributed by atoms with Gasteiger partial charge in [0.25, 0.3) is 0 Å². The smallest absolute Gasteiger partial charge is 0.227 e. The number of aliphatic hydroxyl groups is 1. The first-order valence-electron chi connectivity index (χ1n) is 9.71. The van der Waals surface area contributed by atoms with Gasteiger partial charge < -0.3 is 15.3 Å². The van der Waals surface area contributed by atoms with E-state index in [1.54, 1.807) is 12.1 Å². The normalized spacial score (nSPS) is 20.2. The summed E-state index contributed by atoms with van der Waals surface area (Å²) in [6.07, 6.45) is 3.30. The van der Waals surface area contributed by atoms with Crippen LogP contribution in [0.15, 0.2) is 42.5 Å². The van der Waals surface area contributed by atoms with Crippen LogP contribution < -0.4 is 10.2 Å². The van der Waals surface area contributed by atoms with Gasteiger partial charge in [-0.25, -0.2) is 4.39 Å². The van der Waals surface area contributed by atoms with E-state index in [4.69, 9.17) is 0 Å². The molecular formula is C22H25FN2O2. The Morgan fingerprint density at radius 1 is 1.07 bits per heavy atom. The van der Waals surface area contributed by atoms with Crippen molar-refractivity contribution in [2.24, 2.45) is 5.92 Å². The predicted molar refractivity (Wildman–Crippen MR) is 104 cm³/mol. The number of amides is 1. The minimum atomic E-state index is -0.334. The summed E-state index contributed by atoms with van der Waals surface area (Å²) in [4.78, 5) is 14.8. The molecule has 0 unspecified atom stereocenters. The van der Waals surface area contributed by atoms with Crippen LogP contribution in [0.25, 0.3) is 0 Å². The average Bonchev–Trinajstić information content (AvgIpc) is 2.69. The molecule has 1 saturated heterocycles. The molecule has 4 nitrogen and oxygen atoms in total. The van der Waals surface area contributed by atoms with Gasteiger partial charge in [0.2, 0.25) is 5.91 Å². The minimum absolute atomic E-state index is 0.0247. The monoisotopic (exact) mass is 368 g/mol. The number of aliphatic hydroxyl groups excluding tert-OH is 1. The fraction of sp³-hybridized carbons (Fsp3) is 0.409. The standard InChI is InChI=1S/C22H25FN2O2/c23-19-5-1-2-7-21(19)25-12-10-16(11-13-25)22(27)24-20-6-3-4-15-8-9-17(26)14-18(15)20/h1-7,16-17,26H,8-14H2,(H,24,27)/t17-/m0/s1. The van der Waals surface area contributed by atoms with Gasteiger partial charge in [0, 0.05) is 31.1 Å². The maximum atomic E-state index is 14.0.